The van der Waals surface area contributed by atoms with E-state index < -0.39 is 0 Å². The van der Waals surface area contributed by atoms with Crippen LogP contribution in [0.2, 0.25) is 0 Å². The molecular formula is C17H19FN2O. The number of nitrogens with zero attached hydrogens (tertiary/aromatic N) is 1. The minimum atomic E-state index is -0.246. The van der Waals surface area contributed by atoms with Gasteiger partial charge in [0, 0.05) is 30.1 Å². The van der Waals surface area contributed by atoms with Gasteiger partial charge in [-0.3, -0.25) is 4.98 Å². The number of rotatable bonds is 4. The first kappa shape index (κ1) is 14.0. The van der Waals surface area contributed by atoms with Crippen LogP contribution in [0.4, 0.5) is 4.39 Å². The molecule has 0 saturated carbocycles. The fourth-order valence-corrected chi connectivity index (χ4v) is 2.69. The van der Waals surface area contributed by atoms with Crippen molar-refractivity contribution in [3.05, 3.63) is 59.7 Å². The largest absolute Gasteiger partial charge is 0.493 e. The van der Waals surface area contributed by atoms with Crippen LogP contribution in [-0.2, 0) is 6.42 Å². The van der Waals surface area contributed by atoms with Crippen molar-refractivity contribution in [2.24, 2.45) is 0 Å². The molecule has 1 aromatic heterocycles. The second kappa shape index (κ2) is 6.68. The van der Waals surface area contributed by atoms with Gasteiger partial charge >= 0.3 is 0 Å². The molecule has 21 heavy (non-hydrogen) atoms. The van der Waals surface area contributed by atoms with Crippen LogP contribution in [0.3, 0.4) is 0 Å². The topological polar surface area (TPSA) is 34.1 Å². The summed E-state index contributed by atoms with van der Waals surface area (Å²) in [6, 6.07) is 9.07. The molecule has 1 aromatic carbocycles. The Kier molecular flexibility index (Phi) is 4.46. The van der Waals surface area contributed by atoms with Crippen LogP contribution in [0.1, 0.15) is 30.0 Å². The Balaban J connectivity index is 1.65. The van der Waals surface area contributed by atoms with E-state index in [4.69, 9.17) is 4.74 Å². The number of nitrogens with one attached hydrogen (secondary N) is 1. The zero-order chi connectivity index (χ0) is 14.5. The van der Waals surface area contributed by atoms with E-state index in [-0.39, 0.29) is 11.9 Å². The van der Waals surface area contributed by atoms with Gasteiger partial charge in [-0.05, 0) is 43.5 Å². The summed E-state index contributed by atoms with van der Waals surface area (Å²) in [6.45, 7) is 1.52. The van der Waals surface area contributed by atoms with Crippen molar-refractivity contribution in [3.8, 4) is 5.75 Å². The summed E-state index contributed by atoms with van der Waals surface area (Å²) in [5, 5.41) is 3.56. The highest BCUT2D eigenvalue weighted by atomic mass is 19.1. The van der Waals surface area contributed by atoms with Crippen LogP contribution in [0, 0.1) is 5.82 Å². The Morgan fingerprint density at radius 1 is 1.33 bits per heavy atom. The van der Waals surface area contributed by atoms with Crippen molar-refractivity contribution in [2.45, 2.75) is 25.3 Å². The van der Waals surface area contributed by atoms with Crippen LogP contribution >= 0.6 is 0 Å². The van der Waals surface area contributed by atoms with Gasteiger partial charge in [0.15, 0.2) is 0 Å². The highest BCUT2D eigenvalue weighted by Gasteiger charge is 2.19. The molecule has 0 radical (unpaired) electrons. The lowest BCUT2D eigenvalue weighted by Crippen LogP contribution is -2.23. The lowest BCUT2D eigenvalue weighted by atomic mass is 10.0. The van der Waals surface area contributed by atoms with Gasteiger partial charge < -0.3 is 10.1 Å². The van der Waals surface area contributed by atoms with Crippen molar-refractivity contribution >= 4 is 0 Å². The maximum Gasteiger partial charge on any atom is 0.126 e. The third-order valence-electron chi connectivity index (χ3n) is 3.77. The summed E-state index contributed by atoms with van der Waals surface area (Å²) in [6.07, 6.45) is 6.58. The number of hydrogen-bond acceptors (Lipinski definition) is 3. The van der Waals surface area contributed by atoms with Crippen LogP contribution in [0.15, 0.2) is 42.7 Å². The molecule has 1 atom stereocenters. The zero-order valence-electron chi connectivity index (χ0n) is 11.9. The summed E-state index contributed by atoms with van der Waals surface area (Å²) in [4.78, 5) is 4.12. The van der Waals surface area contributed by atoms with E-state index in [1.165, 1.54) is 17.7 Å². The first-order valence-corrected chi connectivity index (χ1v) is 7.37. The normalized spacial score (nSPS) is 17.7. The average molecular weight is 286 g/mol. The number of ether oxygens (including phenoxy) is 1. The predicted molar refractivity (Wildman–Crippen MR) is 79.8 cm³/mol. The highest BCUT2D eigenvalue weighted by molar-refractivity contribution is 5.37. The number of benzene rings is 1. The third kappa shape index (κ3) is 3.58. The van der Waals surface area contributed by atoms with Crippen LogP contribution < -0.4 is 10.1 Å². The Morgan fingerprint density at radius 3 is 3.14 bits per heavy atom. The molecule has 2 heterocycles. The minimum absolute atomic E-state index is 0.222. The molecule has 0 bridgehead atoms. The first-order valence-electron chi connectivity index (χ1n) is 7.37. The zero-order valence-corrected chi connectivity index (χ0v) is 11.9. The van der Waals surface area contributed by atoms with Gasteiger partial charge in [0.25, 0.3) is 0 Å². The maximum atomic E-state index is 13.3. The number of fused-ring (bicyclic) bond motifs is 1. The number of aromatic nitrogens is 1. The molecule has 1 aliphatic rings. The van der Waals surface area contributed by atoms with E-state index >= 15 is 0 Å². The number of hydrogen-bond donors (Lipinski definition) is 1. The molecule has 1 aliphatic heterocycles. The summed E-state index contributed by atoms with van der Waals surface area (Å²) in [5.41, 5.74) is 2.27. The van der Waals surface area contributed by atoms with Crippen LogP contribution in [-0.4, -0.2) is 18.1 Å². The Morgan fingerprint density at radius 2 is 2.29 bits per heavy atom. The van der Waals surface area contributed by atoms with Gasteiger partial charge in [-0.2, -0.15) is 0 Å². The van der Waals surface area contributed by atoms with Gasteiger partial charge in [-0.15, -0.1) is 0 Å². The standard InChI is InChI=1S/C17H19FN2O/c18-14-5-6-15-16(4-2-10-21-17(15)11-14)20-9-7-13-3-1-8-19-12-13/h1,3,5-6,8,11-12,16,20H,2,4,7,9-10H2. The van der Waals surface area contributed by atoms with Gasteiger partial charge in [0.05, 0.1) is 6.61 Å². The molecule has 2 aromatic rings. The van der Waals surface area contributed by atoms with E-state index in [0.717, 1.165) is 31.4 Å². The molecule has 3 rings (SSSR count). The van der Waals surface area contributed by atoms with E-state index in [1.54, 1.807) is 6.20 Å². The van der Waals surface area contributed by atoms with Gasteiger partial charge in [0.2, 0.25) is 0 Å². The molecular weight excluding hydrogens is 267 g/mol. The van der Waals surface area contributed by atoms with Gasteiger partial charge in [-0.1, -0.05) is 12.1 Å². The Labute approximate surface area is 124 Å². The minimum Gasteiger partial charge on any atom is -0.493 e. The van der Waals surface area contributed by atoms with Crippen molar-refractivity contribution < 1.29 is 9.13 Å². The Bertz CT molecular complexity index is 589. The molecule has 0 saturated heterocycles. The van der Waals surface area contributed by atoms with E-state index in [9.17, 15) is 4.39 Å². The quantitative estimate of drug-likeness (QED) is 0.936. The predicted octanol–water partition coefficient (Wildman–Crippen LogP) is 3.27. The summed E-state index contributed by atoms with van der Waals surface area (Å²) in [7, 11) is 0. The lowest BCUT2D eigenvalue weighted by molar-refractivity contribution is 0.314. The average Bonchev–Trinajstić information content (AvgIpc) is 2.70. The molecule has 0 aliphatic carbocycles. The smallest absolute Gasteiger partial charge is 0.126 e. The third-order valence-corrected chi connectivity index (χ3v) is 3.77. The summed E-state index contributed by atoms with van der Waals surface area (Å²) < 4.78 is 19.0. The molecule has 3 nitrogen and oxygen atoms in total. The fourth-order valence-electron chi connectivity index (χ4n) is 2.69. The molecule has 1 unspecified atom stereocenters. The molecule has 0 fully saturated rings. The number of halogens is 1. The molecule has 110 valence electrons. The van der Waals surface area contributed by atoms with Gasteiger partial charge in [0.1, 0.15) is 11.6 Å². The Hall–Kier alpha value is -1.94. The lowest BCUT2D eigenvalue weighted by Gasteiger charge is -2.18. The maximum absolute atomic E-state index is 13.3. The van der Waals surface area contributed by atoms with Crippen molar-refractivity contribution in [1.29, 1.82) is 0 Å². The van der Waals surface area contributed by atoms with Crippen molar-refractivity contribution in [1.82, 2.24) is 10.3 Å². The van der Waals surface area contributed by atoms with Crippen molar-refractivity contribution in [2.75, 3.05) is 13.2 Å². The number of pyridine rings is 1. The summed E-state index contributed by atoms with van der Waals surface area (Å²) >= 11 is 0. The molecule has 1 N–H and O–H groups in total. The van der Waals surface area contributed by atoms with Crippen molar-refractivity contribution in [3.63, 3.8) is 0 Å². The van der Waals surface area contributed by atoms with Gasteiger partial charge in [-0.25, -0.2) is 4.39 Å². The molecule has 4 heteroatoms. The monoisotopic (exact) mass is 286 g/mol. The molecule has 0 amide bonds. The fraction of sp³-hybridized carbons (Fsp3) is 0.353. The van der Waals surface area contributed by atoms with E-state index in [1.807, 2.05) is 18.3 Å². The summed E-state index contributed by atoms with van der Waals surface area (Å²) in [5.74, 6) is 0.427. The van der Waals surface area contributed by atoms with Crippen LogP contribution in [0.25, 0.3) is 0 Å². The van der Waals surface area contributed by atoms with E-state index in [2.05, 4.69) is 16.4 Å². The molecule has 0 spiro atoms. The first-order chi connectivity index (χ1) is 10.3. The van der Waals surface area contributed by atoms with Crippen LogP contribution in [0.5, 0.6) is 5.75 Å². The second-order valence-electron chi connectivity index (χ2n) is 5.29. The second-order valence-corrected chi connectivity index (χ2v) is 5.29. The highest BCUT2D eigenvalue weighted by Crippen LogP contribution is 2.31. The SMILES string of the molecule is Fc1ccc2c(c1)OCCCC2NCCc1cccnc1. The van der Waals surface area contributed by atoms with E-state index in [0.29, 0.717) is 12.4 Å².